The first kappa shape index (κ1) is 17.9. The number of fused-ring (bicyclic) bond motifs is 1. The molecular weight excluding hydrogens is 364 g/mol. The first-order valence-corrected chi connectivity index (χ1v) is 10.0. The summed E-state index contributed by atoms with van der Waals surface area (Å²) in [7, 11) is 0. The van der Waals surface area contributed by atoms with Crippen LogP contribution in [-0.2, 0) is 0 Å². The number of aromatic nitrogens is 2. The van der Waals surface area contributed by atoms with E-state index in [9.17, 15) is 9.90 Å². The summed E-state index contributed by atoms with van der Waals surface area (Å²) in [4.78, 5) is 19.5. The molecule has 7 nitrogen and oxygen atoms in total. The first-order chi connectivity index (χ1) is 13.2. The Morgan fingerprint density at radius 3 is 2.96 bits per heavy atom. The fourth-order valence-corrected chi connectivity index (χ4v) is 4.09. The van der Waals surface area contributed by atoms with Crippen LogP contribution in [0.15, 0.2) is 28.9 Å². The molecule has 1 amide bonds. The third-order valence-corrected chi connectivity index (χ3v) is 5.91. The minimum Gasteiger partial charge on any atom is -0.394 e. The number of rotatable bonds is 6. The van der Waals surface area contributed by atoms with Gasteiger partial charge in [0, 0.05) is 24.8 Å². The average molecular weight is 386 g/mol. The van der Waals surface area contributed by atoms with Crippen LogP contribution in [0.1, 0.15) is 35.9 Å². The molecule has 1 unspecified atom stereocenters. The van der Waals surface area contributed by atoms with Gasteiger partial charge in [0.05, 0.1) is 24.2 Å². The zero-order chi connectivity index (χ0) is 18.8. The highest BCUT2D eigenvalue weighted by atomic mass is 32.1. The summed E-state index contributed by atoms with van der Waals surface area (Å²) in [6, 6.07) is 5.86. The van der Waals surface area contributed by atoms with Gasteiger partial charge in [0.1, 0.15) is 15.6 Å². The van der Waals surface area contributed by atoms with Crippen LogP contribution in [0.5, 0.6) is 0 Å². The predicted octanol–water partition coefficient (Wildman–Crippen LogP) is 3.05. The number of amides is 1. The Labute approximate surface area is 161 Å². The van der Waals surface area contributed by atoms with Gasteiger partial charge in [0.15, 0.2) is 5.58 Å². The lowest BCUT2D eigenvalue weighted by Gasteiger charge is -2.16. The van der Waals surface area contributed by atoms with Crippen LogP contribution in [0.4, 0.5) is 5.69 Å². The summed E-state index contributed by atoms with van der Waals surface area (Å²) in [5.74, 6) is -0.233. The molecule has 1 saturated heterocycles. The van der Waals surface area contributed by atoms with E-state index in [-0.39, 0.29) is 18.6 Å². The maximum absolute atomic E-state index is 12.3. The summed E-state index contributed by atoms with van der Waals surface area (Å²) in [5.41, 5.74) is 2.52. The van der Waals surface area contributed by atoms with Crippen LogP contribution in [0.3, 0.4) is 0 Å². The number of benzene rings is 1. The van der Waals surface area contributed by atoms with Crippen molar-refractivity contribution >= 4 is 33.9 Å². The molecule has 1 aliphatic rings. The molecule has 0 saturated carbocycles. The van der Waals surface area contributed by atoms with Crippen LogP contribution in [-0.4, -0.2) is 46.9 Å². The number of nitrogens with one attached hydrogen (secondary N) is 1. The van der Waals surface area contributed by atoms with Crippen molar-refractivity contribution in [1.82, 2.24) is 15.5 Å². The molecule has 27 heavy (non-hydrogen) atoms. The van der Waals surface area contributed by atoms with E-state index in [0.717, 1.165) is 29.7 Å². The molecule has 1 aromatic carbocycles. The highest BCUT2D eigenvalue weighted by Crippen LogP contribution is 2.33. The second kappa shape index (κ2) is 7.66. The topological polar surface area (TPSA) is 91.5 Å². The maximum Gasteiger partial charge on any atom is 0.263 e. The zero-order valence-electron chi connectivity index (χ0n) is 15.1. The van der Waals surface area contributed by atoms with Gasteiger partial charge in [-0.15, -0.1) is 11.3 Å². The van der Waals surface area contributed by atoms with E-state index in [0.29, 0.717) is 22.0 Å². The number of aliphatic hydroxyl groups is 1. The van der Waals surface area contributed by atoms with Crippen molar-refractivity contribution in [2.24, 2.45) is 0 Å². The van der Waals surface area contributed by atoms with E-state index in [1.54, 1.807) is 6.20 Å². The molecule has 1 aliphatic heterocycles. The van der Waals surface area contributed by atoms with E-state index in [4.69, 9.17) is 4.52 Å². The van der Waals surface area contributed by atoms with Crippen LogP contribution < -0.4 is 10.2 Å². The van der Waals surface area contributed by atoms with Gasteiger partial charge < -0.3 is 19.8 Å². The number of carbonyl (C=O) groups is 1. The van der Waals surface area contributed by atoms with Crippen molar-refractivity contribution in [1.29, 1.82) is 0 Å². The Kier molecular flexibility index (Phi) is 5.09. The Bertz CT molecular complexity index is 941. The number of thiazole rings is 1. The first-order valence-electron chi connectivity index (χ1n) is 9.22. The van der Waals surface area contributed by atoms with Gasteiger partial charge in [-0.1, -0.05) is 12.1 Å². The van der Waals surface area contributed by atoms with Crippen LogP contribution >= 0.6 is 11.3 Å². The zero-order valence-corrected chi connectivity index (χ0v) is 16.0. The fourth-order valence-electron chi connectivity index (χ4n) is 3.27. The molecule has 0 aliphatic carbocycles. The second-order valence-electron chi connectivity index (χ2n) is 6.70. The lowest BCUT2D eigenvalue weighted by atomic mass is 10.2. The monoisotopic (exact) mass is 386 g/mol. The molecule has 3 aromatic rings. The number of nitrogens with zero attached hydrogens (tertiary/aromatic N) is 3. The van der Waals surface area contributed by atoms with Crippen LogP contribution in [0.25, 0.3) is 21.7 Å². The molecule has 1 fully saturated rings. The number of anilines is 1. The standard InChI is InChI=1S/C19H22N4O3S/c1-2-12(11-24)21-18(25)16-10-20-19(27-16)17-14-6-5-13(9-15(14)26-22-17)23-7-3-4-8-23/h5-6,9-10,12,24H,2-4,7-8,11H2,1H3,(H,21,25). The van der Waals surface area contributed by atoms with Crippen molar-refractivity contribution in [3.05, 3.63) is 29.3 Å². The molecule has 2 N–H and O–H groups in total. The molecule has 1 atom stereocenters. The van der Waals surface area contributed by atoms with Crippen molar-refractivity contribution in [3.63, 3.8) is 0 Å². The van der Waals surface area contributed by atoms with Gasteiger partial charge in [-0.25, -0.2) is 4.98 Å². The summed E-state index contributed by atoms with van der Waals surface area (Å²) in [6.07, 6.45) is 4.65. The minimum absolute atomic E-state index is 0.0822. The highest BCUT2D eigenvalue weighted by molar-refractivity contribution is 7.17. The molecule has 142 valence electrons. The van der Waals surface area contributed by atoms with Crippen molar-refractivity contribution in [2.75, 3.05) is 24.6 Å². The van der Waals surface area contributed by atoms with Gasteiger partial charge >= 0.3 is 0 Å². The third kappa shape index (κ3) is 3.54. The second-order valence-corrected chi connectivity index (χ2v) is 7.73. The third-order valence-electron chi connectivity index (χ3n) is 4.91. The summed E-state index contributed by atoms with van der Waals surface area (Å²) < 4.78 is 5.53. The normalized spacial score (nSPS) is 15.4. The van der Waals surface area contributed by atoms with Crippen molar-refractivity contribution in [2.45, 2.75) is 32.2 Å². The lowest BCUT2D eigenvalue weighted by molar-refractivity contribution is 0.0919. The maximum atomic E-state index is 12.3. The number of carbonyl (C=O) groups excluding carboxylic acids is 1. The van der Waals surface area contributed by atoms with Crippen LogP contribution in [0, 0.1) is 0 Å². The van der Waals surface area contributed by atoms with E-state index in [2.05, 4.69) is 26.4 Å². The number of hydrogen-bond acceptors (Lipinski definition) is 7. The van der Waals surface area contributed by atoms with Gasteiger partial charge in [0.2, 0.25) is 0 Å². The van der Waals surface area contributed by atoms with E-state index >= 15 is 0 Å². The van der Waals surface area contributed by atoms with Gasteiger partial charge in [-0.3, -0.25) is 4.79 Å². The fraction of sp³-hybridized carbons (Fsp3) is 0.421. The Hall–Kier alpha value is -2.45. The lowest BCUT2D eigenvalue weighted by Crippen LogP contribution is -2.36. The highest BCUT2D eigenvalue weighted by Gasteiger charge is 2.20. The summed E-state index contributed by atoms with van der Waals surface area (Å²) >= 11 is 1.27. The molecule has 4 rings (SSSR count). The Morgan fingerprint density at radius 2 is 2.22 bits per heavy atom. The molecule has 0 radical (unpaired) electrons. The van der Waals surface area contributed by atoms with Gasteiger partial charge in [-0.2, -0.15) is 0 Å². The Morgan fingerprint density at radius 1 is 1.41 bits per heavy atom. The summed E-state index contributed by atoms with van der Waals surface area (Å²) in [5, 5.41) is 17.8. The molecular formula is C19H22N4O3S. The average Bonchev–Trinajstić information content (AvgIpc) is 3.45. The minimum atomic E-state index is -0.250. The van der Waals surface area contributed by atoms with Gasteiger partial charge in [-0.05, 0) is 31.4 Å². The predicted molar refractivity (Wildman–Crippen MR) is 105 cm³/mol. The quantitative estimate of drug-likeness (QED) is 0.677. The molecule has 2 aromatic heterocycles. The SMILES string of the molecule is CCC(CO)NC(=O)c1cnc(-c2noc3cc(N4CCCC4)ccc23)s1. The van der Waals surface area contributed by atoms with Crippen LogP contribution in [0.2, 0.25) is 0 Å². The Balaban J connectivity index is 1.57. The van der Waals surface area contributed by atoms with E-state index < -0.39 is 0 Å². The molecule has 0 spiro atoms. The van der Waals surface area contributed by atoms with Crippen molar-refractivity contribution < 1.29 is 14.4 Å². The molecule has 3 heterocycles. The summed E-state index contributed by atoms with van der Waals surface area (Å²) in [6.45, 7) is 3.98. The molecule has 0 bridgehead atoms. The molecule has 8 heteroatoms. The largest absolute Gasteiger partial charge is 0.394 e. The van der Waals surface area contributed by atoms with E-state index in [1.165, 1.54) is 24.2 Å². The van der Waals surface area contributed by atoms with Gasteiger partial charge in [0.25, 0.3) is 5.91 Å². The van der Waals surface area contributed by atoms with Crippen molar-refractivity contribution in [3.8, 4) is 10.7 Å². The number of aliphatic hydroxyl groups excluding tert-OH is 1. The number of hydrogen-bond donors (Lipinski definition) is 2. The smallest absolute Gasteiger partial charge is 0.263 e. The van der Waals surface area contributed by atoms with E-state index in [1.807, 2.05) is 19.1 Å².